The zero-order valence-corrected chi connectivity index (χ0v) is 16.0. The lowest BCUT2D eigenvalue weighted by molar-refractivity contribution is -0.141. The van der Waals surface area contributed by atoms with Crippen LogP contribution < -0.4 is 0 Å². The van der Waals surface area contributed by atoms with Gasteiger partial charge in [0.1, 0.15) is 5.92 Å². The van der Waals surface area contributed by atoms with Gasteiger partial charge >= 0.3 is 5.97 Å². The van der Waals surface area contributed by atoms with Gasteiger partial charge in [-0.05, 0) is 53.3 Å². The van der Waals surface area contributed by atoms with Crippen LogP contribution in [0.2, 0.25) is 0 Å². The zero-order chi connectivity index (χ0) is 19.2. The van der Waals surface area contributed by atoms with E-state index in [2.05, 4.69) is 38.1 Å². The fourth-order valence-electron chi connectivity index (χ4n) is 3.21. The first-order chi connectivity index (χ1) is 13.1. The third kappa shape index (κ3) is 4.35. The van der Waals surface area contributed by atoms with Gasteiger partial charge in [0.05, 0.1) is 7.11 Å². The highest BCUT2D eigenvalue weighted by Gasteiger charge is 2.22. The molecule has 136 valence electrons. The number of hydrogen-bond acceptors (Lipinski definition) is 2. The summed E-state index contributed by atoms with van der Waals surface area (Å²) in [6.45, 7) is 4.15. The number of esters is 1. The van der Waals surface area contributed by atoms with Gasteiger partial charge in [0.25, 0.3) is 0 Å². The third-order valence-electron chi connectivity index (χ3n) is 4.89. The minimum Gasteiger partial charge on any atom is -0.468 e. The van der Waals surface area contributed by atoms with Gasteiger partial charge in [-0.3, -0.25) is 4.79 Å². The Balaban J connectivity index is 2.07. The molecule has 0 spiro atoms. The number of carbonyl (C=O) groups excluding carboxylic acids is 1. The second-order valence-electron chi connectivity index (χ2n) is 6.64. The van der Waals surface area contributed by atoms with Gasteiger partial charge in [-0.25, -0.2) is 0 Å². The van der Waals surface area contributed by atoms with Crippen molar-refractivity contribution in [2.45, 2.75) is 19.8 Å². The molecule has 0 fully saturated rings. The fraction of sp³-hybridized carbons (Fsp3) is 0.160. The number of ether oxygens (including phenoxy) is 1. The Labute approximate surface area is 161 Å². The van der Waals surface area contributed by atoms with Crippen LogP contribution in [0.3, 0.4) is 0 Å². The monoisotopic (exact) mass is 356 g/mol. The van der Waals surface area contributed by atoms with Crippen LogP contribution >= 0.6 is 0 Å². The Bertz CT molecular complexity index is 941. The molecule has 0 saturated heterocycles. The van der Waals surface area contributed by atoms with Crippen LogP contribution in [-0.2, 0) is 9.53 Å². The lowest BCUT2D eigenvalue weighted by atomic mass is 9.88. The normalized spacial score (nSPS) is 12.1. The van der Waals surface area contributed by atoms with E-state index in [0.29, 0.717) is 0 Å². The van der Waals surface area contributed by atoms with Crippen molar-refractivity contribution in [1.82, 2.24) is 0 Å². The second kappa shape index (κ2) is 8.50. The first-order valence-electron chi connectivity index (χ1n) is 9.08. The van der Waals surface area contributed by atoms with E-state index in [-0.39, 0.29) is 5.97 Å². The molecular weight excluding hydrogens is 332 g/mol. The van der Waals surface area contributed by atoms with Crippen LogP contribution in [-0.4, -0.2) is 13.1 Å². The van der Waals surface area contributed by atoms with E-state index >= 15 is 0 Å². The zero-order valence-electron chi connectivity index (χ0n) is 16.0. The number of hydrogen-bond donors (Lipinski definition) is 0. The van der Waals surface area contributed by atoms with Crippen molar-refractivity contribution in [1.29, 1.82) is 0 Å². The molecule has 0 aliphatic heterocycles. The van der Waals surface area contributed by atoms with E-state index in [0.717, 1.165) is 33.4 Å². The van der Waals surface area contributed by atoms with Crippen LogP contribution in [0.4, 0.5) is 0 Å². The first-order valence-corrected chi connectivity index (χ1v) is 9.08. The summed E-state index contributed by atoms with van der Waals surface area (Å²) in [7, 11) is 1.44. The summed E-state index contributed by atoms with van der Waals surface area (Å²) in [5.74, 6) is -0.701. The molecule has 1 atom stereocenters. The lowest BCUT2D eigenvalue weighted by Crippen LogP contribution is -2.14. The van der Waals surface area contributed by atoms with E-state index < -0.39 is 5.92 Å². The second-order valence-corrected chi connectivity index (χ2v) is 6.64. The Morgan fingerprint density at radius 2 is 1.52 bits per heavy atom. The molecule has 0 bridgehead atoms. The number of carbonyl (C=O) groups is 1. The maximum Gasteiger partial charge on any atom is 0.317 e. The quantitative estimate of drug-likeness (QED) is 0.529. The first kappa shape index (κ1) is 18.7. The van der Waals surface area contributed by atoms with Crippen molar-refractivity contribution in [3.63, 3.8) is 0 Å². The van der Waals surface area contributed by atoms with E-state index in [1.807, 2.05) is 60.7 Å². The predicted octanol–water partition coefficient (Wildman–Crippen LogP) is 5.94. The standard InChI is InChI=1S/C25H24O2/c1-18-16-22(21-12-8-5-9-13-21)17-24(19(18)2)23(25(26)27-3)15-14-20-10-6-4-7-11-20/h4-17,23H,1-3H3/b15-14+. The predicted molar refractivity (Wildman–Crippen MR) is 112 cm³/mol. The summed E-state index contributed by atoms with van der Waals surface area (Å²) >= 11 is 0. The fourth-order valence-corrected chi connectivity index (χ4v) is 3.21. The van der Waals surface area contributed by atoms with Gasteiger partial charge in [0.2, 0.25) is 0 Å². The number of benzene rings is 3. The van der Waals surface area contributed by atoms with Gasteiger partial charge in [-0.2, -0.15) is 0 Å². The highest BCUT2D eigenvalue weighted by molar-refractivity contribution is 5.83. The summed E-state index contributed by atoms with van der Waals surface area (Å²) in [5, 5.41) is 0. The average Bonchev–Trinajstić information content (AvgIpc) is 2.72. The molecule has 0 aromatic heterocycles. The summed E-state index contributed by atoms with van der Waals surface area (Å²) in [5.41, 5.74) is 6.55. The Morgan fingerprint density at radius 1 is 0.889 bits per heavy atom. The minimum atomic E-state index is -0.447. The highest BCUT2D eigenvalue weighted by Crippen LogP contribution is 2.31. The summed E-state index contributed by atoms with van der Waals surface area (Å²) in [6.07, 6.45) is 3.91. The van der Waals surface area contributed by atoms with Crippen molar-refractivity contribution >= 4 is 12.0 Å². The van der Waals surface area contributed by atoms with Gasteiger partial charge in [-0.15, -0.1) is 0 Å². The van der Waals surface area contributed by atoms with Crippen LogP contribution in [0.5, 0.6) is 0 Å². The van der Waals surface area contributed by atoms with Crippen molar-refractivity contribution in [2.75, 3.05) is 7.11 Å². The largest absolute Gasteiger partial charge is 0.468 e. The summed E-state index contributed by atoms with van der Waals surface area (Å²) < 4.78 is 5.11. The molecule has 0 amide bonds. The number of aryl methyl sites for hydroxylation is 1. The SMILES string of the molecule is COC(=O)C(/C=C/c1ccccc1)c1cc(-c2ccccc2)cc(C)c1C. The molecule has 0 aliphatic carbocycles. The molecule has 3 aromatic carbocycles. The molecule has 0 saturated carbocycles. The minimum absolute atomic E-state index is 0.255. The lowest BCUT2D eigenvalue weighted by Gasteiger charge is -2.18. The van der Waals surface area contributed by atoms with Gasteiger partial charge in [0.15, 0.2) is 0 Å². The maximum atomic E-state index is 12.6. The van der Waals surface area contributed by atoms with Crippen LogP contribution in [0.15, 0.2) is 78.9 Å². The Hall–Kier alpha value is -3.13. The smallest absolute Gasteiger partial charge is 0.317 e. The maximum absolute atomic E-state index is 12.6. The van der Waals surface area contributed by atoms with E-state index in [1.54, 1.807) is 0 Å². The number of methoxy groups -OCH3 is 1. The van der Waals surface area contributed by atoms with Gasteiger partial charge in [0, 0.05) is 0 Å². The molecule has 0 aliphatic rings. The Morgan fingerprint density at radius 3 is 2.15 bits per heavy atom. The average molecular weight is 356 g/mol. The van der Waals surface area contributed by atoms with Crippen molar-refractivity contribution in [3.8, 4) is 11.1 Å². The molecule has 0 heterocycles. The van der Waals surface area contributed by atoms with Crippen molar-refractivity contribution < 1.29 is 9.53 Å². The van der Waals surface area contributed by atoms with E-state index in [9.17, 15) is 4.79 Å². The molecule has 3 rings (SSSR count). The third-order valence-corrected chi connectivity index (χ3v) is 4.89. The highest BCUT2D eigenvalue weighted by atomic mass is 16.5. The van der Waals surface area contributed by atoms with Crippen molar-refractivity contribution in [2.24, 2.45) is 0 Å². The Kier molecular flexibility index (Phi) is 5.87. The topological polar surface area (TPSA) is 26.3 Å². The van der Waals surface area contributed by atoms with E-state index in [4.69, 9.17) is 4.74 Å². The van der Waals surface area contributed by atoms with Crippen molar-refractivity contribution in [3.05, 3.63) is 101 Å². The van der Waals surface area contributed by atoms with Crippen LogP contribution in [0, 0.1) is 13.8 Å². The van der Waals surface area contributed by atoms with Crippen LogP contribution in [0.25, 0.3) is 17.2 Å². The molecule has 2 nitrogen and oxygen atoms in total. The molecular formula is C25H24O2. The van der Waals surface area contributed by atoms with Gasteiger partial charge < -0.3 is 4.74 Å². The molecule has 27 heavy (non-hydrogen) atoms. The molecule has 0 N–H and O–H groups in total. The molecule has 2 heteroatoms. The van der Waals surface area contributed by atoms with Gasteiger partial charge in [-0.1, -0.05) is 78.9 Å². The number of rotatable bonds is 5. The molecule has 1 unspecified atom stereocenters. The summed E-state index contributed by atoms with van der Waals surface area (Å²) in [6, 6.07) is 24.5. The molecule has 0 radical (unpaired) electrons. The van der Waals surface area contributed by atoms with Crippen LogP contribution in [0.1, 0.15) is 28.2 Å². The van der Waals surface area contributed by atoms with E-state index in [1.165, 1.54) is 7.11 Å². The summed E-state index contributed by atoms with van der Waals surface area (Å²) in [4.78, 5) is 12.6. The molecule has 3 aromatic rings.